The first kappa shape index (κ1) is 14.6. The van der Waals surface area contributed by atoms with Crippen LogP contribution in [0.25, 0.3) is 0 Å². The highest BCUT2D eigenvalue weighted by Crippen LogP contribution is 2.02. The minimum absolute atomic E-state index is 0.0337. The molecule has 0 aliphatic rings. The third-order valence-corrected chi connectivity index (χ3v) is 2.39. The fourth-order valence-electron chi connectivity index (χ4n) is 1.36. The Hall–Kier alpha value is -2.44. The van der Waals surface area contributed by atoms with E-state index in [2.05, 4.69) is 15.0 Å². The first-order chi connectivity index (χ1) is 9.04. The molecular weight excluding hydrogens is 252 g/mol. The number of aliphatic carboxylic acids is 1. The number of hydrogen-bond acceptors (Lipinski definition) is 5. The third-order valence-electron chi connectivity index (χ3n) is 2.39. The van der Waals surface area contributed by atoms with Gasteiger partial charge in [0.2, 0.25) is 0 Å². The fraction of sp³-hybridized carbons (Fsp3) is 0.333. The Bertz CT molecular complexity index is 460. The summed E-state index contributed by atoms with van der Waals surface area (Å²) >= 11 is 0. The van der Waals surface area contributed by atoms with Crippen LogP contribution in [-0.4, -0.2) is 41.1 Å². The average molecular weight is 266 g/mol. The van der Waals surface area contributed by atoms with Gasteiger partial charge in [-0.1, -0.05) is 0 Å². The maximum absolute atomic E-state index is 11.7. The number of pyridine rings is 1. The lowest BCUT2D eigenvalue weighted by molar-refractivity contribution is -0.142. The molecule has 0 radical (unpaired) electrons. The molecule has 2 N–H and O–H groups in total. The topological polar surface area (TPSA) is 106 Å². The van der Waals surface area contributed by atoms with E-state index in [1.54, 1.807) is 6.07 Å². The molecule has 1 amide bonds. The summed E-state index contributed by atoms with van der Waals surface area (Å²) in [5.41, 5.74) is 0.256. The summed E-state index contributed by atoms with van der Waals surface area (Å²) in [5.74, 6) is -2.28. The normalized spacial score (nSPS) is 11.4. The van der Waals surface area contributed by atoms with Crippen LogP contribution >= 0.6 is 0 Å². The molecule has 1 atom stereocenters. The number of nitrogens with one attached hydrogen (secondary N) is 1. The number of carbonyl (C=O) groups excluding carboxylic acids is 2. The smallest absolute Gasteiger partial charge is 0.326 e. The van der Waals surface area contributed by atoms with Crippen LogP contribution < -0.4 is 5.32 Å². The molecule has 0 unspecified atom stereocenters. The minimum Gasteiger partial charge on any atom is -0.480 e. The standard InChI is InChI=1S/C12H14N2O5/c1-19-10(15)5-4-9(12(17)18)14-11(16)8-3-2-6-13-7-8/h2-3,6-7,9H,4-5H2,1H3,(H,14,16)(H,17,18)/t9-/m1/s1. The van der Waals surface area contributed by atoms with Crippen molar-refractivity contribution in [2.75, 3.05) is 7.11 Å². The Balaban J connectivity index is 2.61. The molecule has 1 rings (SSSR count). The van der Waals surface area contributed by atoms with Gasteiger partial charge < -0.3 is 15.2 Å². The monoisotopic (exact) mass is 266 g/mol. The SMILES string of the molecule is COC(=O)CC[C@@H](NC(=O)c1cccnc1)C(=O)O. The third kappa shape index (κ3) is 4.74. The summed E-state index contributed by atoms with van der Waals surface area (Å²) in [6, 6.07) is 1.94. The zero-order chi connectivity index (χ0) is 14.3. The van der Waals surface area contributed by atoms with Gasteiger partial charge in [-0.2, -0.15) is 0 Å². The van der Waals surface area contributed by atoms with E-state index < -0.39 is 23.9 Å². The van der Waals surface area contributed by atoms with Crippen LogP contribution in [0.1, 0.15) is 23.2 Å². The van der Waals surface area contributed by atoms with E-state index in [1.807, 2.05) is 0 Å². The van der Waals surface area contributed by atoms with Gasteiger partial charge in [0.05, 0.1) is 12.7 Å². The predicted molar refractivity (Wildman–Crippen MR) is 64.4 cm³/mol. The molecule has 7 nitrogen and oxygen atoms in total. The molecule has 0 saturated carbocycles. The number of methoxy groups -OCH3 is 1. The number of carboxylic acid groups (broad SMARTS) is 1. The highest BCUT2D eigenvalue weighted by molar-refractivity contribution is 5.96. The largest absolute Gasteiger partial charge is 0.480 e. The van der Waals surface area contributed by atoms with E-state index in [4.69, 9.17) is 5.11 Å². The molecule has 1 aromatic heterocycles. The van der Waals surface area contributed by atoms with E-state index in [9.17, 15) is 14.4 Å². The molecule has 19 heavy (non-hydrogen) atoms. The van der Waals surface area contributed by atoms with E-state index >= 15 is 0 Å². The lowest BCUT2D eigenvalue weighted by Crippen LogP contribution is -2.41. The van der Waals surface area contributed by atoms with Gasteiger partial charge in [0, 0.05) is 18.8 Å². The van der Waals surface area contributed by atoms with Gasteiger partial charge in [-0.25, -0.2) is 4.79 Å². The van der Waals surface area contributed by atoms with Crippen molar-refractivity contribution in [1.29, 1.82) is 0 Å². The summed E-state index contributed by atoms with van der Waals surface area (Å²) in [6.07, 6.45) is 2.71. The molecule has 1 heterocycles. The number of carbonyl (C=O) groups is 3. The number of rotatable bonds is 6. The summed E-state index contributed by atoms with van der Waals surface area (Å²) in [6.45, 7) is 0. The summed E-state index contributed by atoms with van der Waals surface area (Å²) in [7, 11) is 1.21. The number of esters is 1. The van der Waals surface area contributed by atoms with Gasteiger partial charge in [0.25, 0.3) is 5.91 Å². The van der Waals surface area contributed by atoms with E-state index in [-0.39, 0.29) is 18.4 Å². The van der Waals surface area contributed by atoms with Gasteiger partial charge in [0.15, 0.2) is 0 Å². The van der Waals surface area contributed by atoms with Crippen molar-refractivity contribution in [3.8, 4) is 0 Å². The fourth-order valence-corrected chi connectivity index (χ4v) is 1.36. The van der Waals surface area contributed by atoms with Crippen LogP contribution in [-0.2, 0) is 14.3 Å². The molecule has 0 aliphatic heterocycles. The van der Waals surface area contributed by atoms with Crippen molar-refractivity contribution < 1.29 is 24.2 Å². The van der Waals surface area contributed by atoms with Gasteiger partial charge in [-0.15, -0.1) is 0 Å². The molecular formula is C12H14N2O5. The zero-order valence-electron chi connectivity index (χ0n) is 10.3. The van der Waals surface area contributed by atoms with Crippen molar-refractivity contribution in [2.45, 2.75) is 18.9 Å². The molecule has 0 spiro atoms. The van der Waals surface area contributed by atoms with Crippen LogP contribution in [0.2, 0.25) is 0 Å². The lowest BCUT2D eigenvalue weighted by atomic mass is 10.1. The molecule has 0 bridgehead atoms. The number of hydrogen-bond donors (Lipinski definition) is 2. The van der Waals surface area contributed by atoms with Crippen molar-refractivity contribution in [3.05, 3.63) is 30.1 Å². The Labute approximate surface area is 109 Å². The lowest BCUT2D eigenvalue weighted by Gasteiger charge is -2.13. The Morgan fingerprint density at radius 1 is 1.47 bits per heavy atom. The first-order valence-corrected chi connectivity index (χ1v) is 5.55. The van der Waals surface area contributed by atoms with Crippen molar-refractivity contribution in [3.63, 3.8) is 0 Å². The van der Waals surface area contributed by atoms with Crippen LogP contribution in [0.15, 0.2) is 24.5 Å². The maximum atomic E-state index is 11.7. The highest BCUT2D eigenvalue weighted by Gasteiger charge is 2.21. The predicted octanol–water partition coefficient (Wildman–Crippen LogP) is 0.218. The van der Waals surface area contributed by atoms with Crippen LogP contribution in [0, 0.1) is 0 Å². The second-order valence-electron chi connectivity index (χ2n) is 3.72. The molecule has 0 aliphatic carbocycles. The van der Waals surface area contributed by atoms with E-state index in [0.717, 1.165) is 0 Å². The summed E-state index contributed by atoms with van der Waals surface area (Å²) in [5, 5.41) is 11.3. The number of aromatic nitrogens is 1. The van der Waals surface area contributed by atoms with Gasteiger partial charge in [-0.05, 0) is 18.6 Å². The Morgan fingerprint density at radius 3 is 2.74 bits per heavy atom. The molecule has 0 fully saturated rings. The van der Waals surface area contributed by atoms with Gasteiger partial charge >= 0.3 is 11.9 Å². The van der Waals surface area contributed by atoms with Crippen molar-refractivity contribution in [1.82, 2.24) is 10.3 Å². The minimum atomic E-state index is -1.21. The van der Waals surface area contributed by atoms with Crippen LogP contribution in [0.4, 0.5) is 0 Å². The number of ether oxygens (including phenoxy) is 1. The molecule has 1 aromatic rings. The van der Waals surface area contributed by atoms with E-state index in [0.29, 0.717) is 0 Å². The second kappa shape index (κ2) is 7.10. The number of carboxylic acids is 1. The van der Waals surface area contributed by atoms with Gasteiger partial charge in [-0.3, -0.25) is 14.6 Å². The summed E-state index contributed by atoms with van der Waals surface area (Å²) in [4.78, 5) is 37.4. The maximum Gasteiger partial charge on any atom is 0.326 e. The Kier molecular flexibility index (Phi) is 5.46. The number of nitrogens with zero attached hydrogens (tertiary/aromatic N) is 1. The first-order valence-electron chi connectivity index (χ1n) is 5.55. The number of amides is 1. The van der Waals surface area contributed by atoms with Crippen LogP contribution in [0.5, 0.6) is 0 Å². The molecule has 7 heteroatoms. The summed E-state index contributed by atoms with van der Waals surface area (Å²) < 4.78 is 4.42. The second-order valence-corrected chi connectivity index (χ2v) is 3.72. The Morgan fingerprint density at radius 2 is 2.21 bits per heavy atom. The van der Waals surface area contributed by atoms with Crippen LogP contribution in [0.3, 0.4) is 0 Å². The van der Waals surface area contributed by atoms with E-state index in [1.165, 1.54) is 25.6 Å². The quantitative estimate of drug-likeness (QED) is 0.713. The van der Waals surface area contributed by atoms with Gasteiger partial charge in [0.1, 0.15) is 6.04 Å². The van der Waals surface area contributed by atoms with Crippen molar-refractivity contribution >= 4 is 17.8 Å². The zero-order valence-corrected chi connectivity index (χ0v) is 10.3. The van der Waals surface area contributed by atoms with Crippen molar-refractivity contribution in [2.24, 2.45) is 0 Å². The molecule has 0 saturated heterocycles. The molecule has 0 aromatic carbocycles. The average Bonchev–Trinajstić information content (AvgIpc) is 2.43. The highest BCUT2D eigenvalue weighted by atomic mass is 16.5. The molecule has 102 valence electrons.